The van der Waals surface area contributed by atoms with E-state index in [1.807, 2.05) is 0 Å². The molecule has 6 aromatic carbocycles. The molecule has 0 N–H and O–H groups in total. The van der Waals surface area contributed by atoms with Crippen LogP contribution in [0, 0.1) is 27.7 Å². The lowest BCUT2D eigenvalue weighted by atomic mass is 9.33. The van der Waals surface area contributed by atoms with Gasteiger partial charge in [-0.15, -0.1) is 0 Å². The van der Waals surface area contributed by atoms with Gasteiger partial charge in [-0.2, -0.15) is 0 Å². The molecule has 0 atom stereocenters. The topological polar surface area (TPSA) is 6.48 Å². The van der Waals surface area contributed by atoms with Crippen molar-refractivity contribution < 1.29 is 0 Å². The second-order valence-electron chi connectivity index (χ2n) is 17.4. The van der Waals surface area contributed by atoms with E-state index in [-0.39, 0.29) is 6.71 Å². The smallest absolute Gasteiger partial charge is 0.252 e. The maximum absolute atomic E-state index is 2.64. The number of hydrogen-bond acceptors (Lipinski definition) is 2. The maximum atomic E-state index is 2.64. The standard InChI is InChI=1S/C52H53BN2/c1-34-24-35(2)27-44(26-34)54-48-30-41(38-14-8-5-9-15-38)20-22-46(48)53-47-23-21-42(39-16-10-6-11-17-39)31-49(47)55(45-28-36(3)25-37(4)29-45)51-33-43(32-50(54)52(51)53)40-18-12-7-13-19-40/h7,12-13,18-33,38-39H,5-6,8-11,14-17H2,1-4H3. The molecule has 2 fully saturated rings. The van der Waals surface area contributed by atoms with E-state index in [4.69, 9.17) is 0 Å². The third-order valence-electron chi connectivity index (χ3n) is 13.3. The summed E-state index contributed by atoms with van der Waals surface area (Å²) in [5.41, 5.74) is 22.8. The van der Waals surface area contributed by atoms with Crippen LogP contribution in [-0.4, -0.2) is 6.71 Å². The van der Waals surface area contributed by atoms with Gasteiger partial charge in [0.1, 0.15) is 0 Å². The molecule has 0 radical (unpaired) electrons. The highest BCUT2D eigenvalue weighted by molar-refractivity contribution is 7.00. The Balaban J connectivity index is 1.30. The van der Waals surface area contributed by atoms with Crippen molar-refractivity contribution in [1.82, 2.24) is 0 Å². The van der Waals surface area contributed by atoms with Gasteiger partial charge in [-0.3, -0.25) is 0 Å². The van der Waals surface area contributed by atoms with Gasteiger partial charge >= 0.3 is 0 Å². The summed E-state index contributed by atoms with van der Waals surface area (Å²) in [6.07, 6.45) is 13.3. The first-order valence-corrected chi connectivity index (χ1v) is 21.2. The Bertz CT molecular complexity index is 2230. The summed E-state index contributed by atoms with van der Waals surface area (Å²) in [4.78, 5) is 5.29. The van der Waals surface area contributed by atoms with Crippen molar-refractivity contribution in [2.75, 3.05) is 9.80 Å². The van der Waals surface area contributed by atoms with Crippen molar-refractivity contribution >= 4 is 57.2 Å². The largest absolute Gasteiger partial charge is 0.311 e. The van der Waals surface area contributed by atoms with Crippen LogP contribution in [0.4, 0.5) is 34.1 Å². The van der Waals surface area contributed by atoms with Gasteiger partial charge in [0, 0.05) is 34.1 Å². The van der Waals surface area contributed by atoms with Gasteiger partial charge in [-0.25, -0.2) is 0 Å². The molecule has 0 unspecified atom stereocenters. The molecular formula is C52H53BN2. The molecular weight excluding hydrogens is 663 g/mol. The Morgan fingerprint density at radius 2 is 0.855 bits per heavy atom. The van der Waals surface area contributed by atoms with Crippen LogP contribution in [0.5, 0.6) is 0 Å². The van der Waals surface area contributed by atoms with E-state index < -0.39 is 0 Å². The quantitative estimate of drug-likeness (QED) is 0.164. The van der Waals surface area contributed by atoms with E-state index in [2.05, 4.69) is 153 Å². The monoisotopic (exact) mass is 716 g/mol. The zero-order chi connectivity index (χ0) is 37.2. The number of hydrogen-bond donors (Lipinski definition) is 0. The molecule has 4 aliphatic rings. The van der Waals surface area contributed by atoms with Crippen LogP contribution in [0.3, 0.4) is 0 Å². The van der Waals surface area contributed by atoms with E-state index in [1.54, 1.807) is 0 Å². The fourth-order valence-electron chi connectivity index (χ4n) is 10.9. The van der Waals surface area contributed by atoms with Gasteiger partial charge in [0.15, 0.2) is 0 Å². The van der Waals surface area contributed by atoms with Crippen LogP contribution < -0.4 is 26.2 Å². The molecule has 0 aromatic heterocycles. The number of nitrogens with zero attached hydrogens (tertiary/aromatic N) is 2. The molecule has 0 saturated heterocycles. The average molecular weight is 717 g/mol. The fourth-order valence-corrected chi connectivity index (χ4v) is 10.9. The van der Waals surface area contributed by atoms with Crippen LogP contribution in [0.15, 0.2) is 115 Å². The van der Waals surface area contributed by atoms with Crippen molar-refractivity contribution in [3.63, 3.8) is 0 Å². The molecule has 0 spiro atoms. The van der Waals surface area contributed by atoms with E-state index in [1.165, 1.54) is 159 Å². The minimum absolute atomic E-state index is 0.130. The lowest BCUT2D eigenvalue weighted by molar-refractivity contribution is 0.444. The molecule has 2 aliphatic heterocycles. The third kappa shape index (κ3) is 6.11. The minimum Gasteiger partial charge on any atom is -0.311 e. The highest BCUT2D eigenvalue weighted by Crippen LogP contribution is 2.48. The molecule has 55 heavy (non-hydrogen) atoms. The van der Waals surface area contributed by atoms with Crippen LogP contribution >= 0.6 is 0 Å². The predicted octanol–water partition coefficient (Wildman–Crippen LogP) is 12.8. The third-order valence-corrected chi connectivity index (χ3v) is 13.3. The highest BCUT2D eigenvalue weighted by atomic mass is 15.2. The molecule has 2 saturated carbocycles. The van der Waals surface area contributed by atoms with E-state index in [0.717, 1.165) is 0 Å². The predicted molar refractivity (Wildman–Crippen MR) is 236 cm³/mol. The normalized spacial score (nSPS) is 16.8. The summed E-state index contributed by atoms with van der Waals surface area (Å²) in [5, 5.41) is 0. The lowest BCUT2D eigenvalue weighted by Gasteiger charge is -2.45. The van der Waals surface area contributed by atoms with Gasteiger partial charge in [-0.05, 0) is 175 Å². The SMILES string of the molecule is Cc1cc(C)cc(N2c3cc(C4CCCCC4)ccc3B3c4ccc(C5CCCCC5)cc4N(c4cc(C)cc(C)c4)c4cc(-c5ccccc5)cc2c43)c1. The summed E-state index contributed by atoms with van der Waals surface area (Å²) in [6, 6.07) is 45.6. The highest BCUT2D eigenvalue weighted by Gasteiger charge is 2.44. The van der Waals surface area contributed by atoms with E-state index in [9.17, 15) is 0 Å². The van der Waals surface area contributed by atoms with Crippen LogP contribution in [0.1, 0.15) is 109 Å². The van der Waals surface area contributed by atoms with Crippen molar-refractivity contribution in [1.29, 1.82) is 0 Å². The molecule has 274 valence electrons. The summed E-state index contributed by atoms with van der Waals surface area (Å²) >= 11 is 0. The summed E-state index contributed by atoms with van der Waals surface area (Å²) in [6.45, 7) is 9.13. The maximum Gasteiger partial charge on any atom is 0.252 e. The summed E-state index contributed by atoms with van der Waals surface area (Å²) < 4.78 is 0. The number of rotatable bonds is 5. The zero-order valence-electron chi connectivity index (χ0n) is 33.2. The van der Waals surface area contributed by atoms with Crippen LogP contribution in [0.25, 0.3) is 11.1 Å². The number of anilines is 6. The van der Waals surface area contributed by atoms with Gasteiger partial charge in [0.05, 0.1) is 0 Å². The van der Waals surface area contributed by atoms with Crippen molar-refractivity contribution in [2.45, 2.75) is 104 Å². The Labute approximate surface area is 329 Å². The Morgan fingerprint density at radius 1 is 0.418 bits per heavy atom. The molecule has 2 heterocycles. The summed E-state index contributed by atoms with van der Waals surface area (Å²) in [5.74, 6) is 1.26. The average Bonchev–Trinajstić information content (AvgIpc) is 3.20. The Hall–Kier alpha value is -5.02. The van der Waals surface area contributed by atoms with E-state index in [0.29, 0.717) is 11.8 Å². The number of benzene rings is 6. The minimum atomic E-state index is 0.130. The zero-order valence-corrected chi connectivity index (χ0v) is 33.2. The molecule has 2 aliphatic carbocycles. The fraction of sp³-hybridized carbons (Fsp3) is 0.308. The molecule has 0 bridgehead atoms. The second kappa shape index (κ2) is 13.9. The van der Waals surface area contributed by atoms with Gasteiger partial charge in [-0.1, -0.05) is 105 Å². The van der Waals surface area contributed by atoms with Crippen molar-refractivity contribution in [3.05, 3.63) is 149 Å². The van der Waals surface area contributed by atoms with Gasteiger partial charge in [0.2, 0.25) is 0 Å². The Kier molecular flexibility index (Phi) is 8.73. The molecule has 2 nitrogen and oxygen atoms in total. The van der Waals surface area contributed by atoms with Crippen molar-refractivity contribution in [2.24, 2.45) is 0 Å². The second-order valence-corrected chi connectivity index (χ2v) is 17.4. The Morgan fingerprint density at radius 3 is 1.29 bits per heavy atom. The summed E-state index contributed by atoms with van der Waals surface area (Å²) in [7, 11) is 0. The first kappa shape index (κ1) is 34.5. The first-order valence-electron chi connectivity index (χ1n) is 21.2. The van der Waals surface area contributed by atoms with Crippen LogP contribution in [0.2, 0.25) is 0 Å². The van der Waals surface area contributed by atoms with Crippen LogP contribution in [-0.2, 0) is 0 Å². The number of aryl methyl sites for hydroxylation is 4. The van der Waals surface area contributed by atoms with Gasteiger partial charge < -0.3 is 9.80 Å². The van der Waals surface area contributed by atoms with Gasteiger partial charge in [0.25, 0.3) is 6.71 Å². The molecule has 6 aromatic rings. The first-order chi connectivity index (χ1) is 26.9. The molecule has 10 rings (SSSR count). The lowest BCUT2D eigenvalue weighted by Crippen LogP contribution is -2.61. The molecule has 0 amide bonds. The number of fused-ring (bicyclic) bond motifs is 4. The van der Waals surface area contributed by atoms with Crippen molar-refractivity contribution in [3.8, 4) is 11.1 Å². The molecule has 3 heteroatoms. The van der Waals surface area contributed by atoms with E-state index >= 15 is 0 Å².